The normalized spacial score (nSPS) is 13.0. The summed E-state index contributed by atoms with van der Waals surface area (Å²) in [5.41, 5.74) is 0. The Labute approximate surface area is 67.0 Å². The molecular weight excluding hydrogens is 156 g/mol. The van der Waals surface area contributed by atoms with E-state index in [0.717, 1.165) is 6.42 Å². The van der Waals surface area contributed by atoms with Gasteiger partial charge in [-0.05, 0) is 13.3 Å². The molecular formula is C5H10S3. The van der Waals surface area contributed by atoms with Crippen LogP contribution < -0.4 is 0 Å². The Morgan fingerprint density at radius 3 is 2.00 bits per heavy atom. The molecule has 0 saturated carbocycles. The summed E-state index contributed by atoms with van der Waals surface area (Å²) in [6.07, 6.45) is 4.71. The van der Waals surface area contributed by atoms with Crippen LogP contribution in [-0.4, -0.2) is 3.41 Å². The van der Waals surface area contributed by atoms with E-state index < -0.39 is 3.41 Å². The van der Waals surface area contributed by atoms with E-state index in [9.17, 15) is 0 Å². The maximum Gasteiger partial charge on any atom is 0.102 e. The van der Waals surface area contributed by atoms with Gasteiger partial charge < -0.3 is 0 Å². The summed E-state index contributed by atoms with van der Waals surface area (Å²) in [5, 5.41) is 0. The summed E-state index contributed by atoms with van der Waals surface area (Å²) in [7, 11) is 0. The molecule has 8 heavy (non-hydrogen) atoms. The van der Waals surface area contributed by atoms with Gasteiger partial charge in [0.2, 0.25) is 0 Å². The van der Waals surface area contributed by atoms with Gasteiger partial charge >= 0.3 is 0 Å². The Kier molecular flexibility index (Phi) is 4.12. The molecule has 0 bridgehead atoms. The predicted molar refractivity (Wildman–Crippen MR) is 49.1 cm³/mol. The topological polar surface area (TPSA) is 0 Å². The van der Waals surface area contributed by atoms with Crippen molar-refractivity contribution < 1.29 is 0 Å². The van der Waals surface area contributed by atoms with Crippen LogP contribution in [0.5, 0.6) is 0 Å². The van der Waals surface area contributed by atoms with Crippen molar-refractivity contribution in [1.82, 2.24) is 0 Å². The molecule has 0 aromatic carbocycles. The highest BCUT2D eigenvalue weighted by molar-refractivity contribution is 8.16. The van der Waals surface area contributed by atoms with Gasteiger partial charge in [0, 0.05) is 0 Å². The first-order valence-corrected chi connectivity index (χ1v) is 3.68. The highest BCUT2D eigenvalue weighted by atomic mass is 32.2. The highest BCUT2D eigenvalue weighted by Gasteiger charge is 2.09. The fourth-order valence-corrected chi connectivity index (χ4v) is 0.592. The summed E-state index contributed by atoms with van der Waals surface area (Å²) < 4.78 is -0.452. The second-order valence-electron chi connectivity index (χ2n) is 1.55. The summed E-state index contributed by atoms with van der Waals surface area (Å²) in [4.78, 5) is 0. The van der Waals surface area contributed by atoms with Gasteiger partial charge in [0.05, 0.1) is 0 Å². The van der Waals surface area contributed by atoms with Gasteiger partial charge in [-0.3, -0.25) is 0 Å². The summed E-state index contributed by atoms with van der Waals surface area (Å²) >= 11 is 12.2. The predicted octanol–water partition coefficient (Wildman–Crippen LogP) is 2.40. The first-order valence-electron chi connectivity index (χ1n) is 2.34. The van der Waals surface area contributed by atoms with Crippen LogP contribution in [0, 0.1) is 0 Å². The summed E-state index contributed by atoms with van der Waals surface area (Å²) in [6, 6.07) is 0. The molecule has 48 valence electrons. The number of hydrogen-bond donors (Lipinski definition) is 3. The molecule has 0 unspecified atom stereocenters. The van der Waals surface area contributed by atoms with Crippen molar-refractivity contribution in [3.05, 3.63) is 12.2 Å². The Morgan fingerprint density at radius 2 is 1.88 bits per heavy atom. The zero-order valence-corrected chi connectivity index (χ0v) is 7.39. The fraction of sp³-hybridized carbons (Fsp3) is 0.600. The molecule has 3 heteroatoms. The average Bonchev–Trinajstić information content (AvgIpc) is 1.59. The minimum Gasteiger partial charge on any atom is -0.151 e. The van der Waals surface area contributed by atoms with Gasteiger partial charge in [0.25, 0.3) is 0 Å². The highest BCUT2D eigenvalue weighted by Crippen LogP contribution is 2.28. The second kappa shape index (κ2) is 3.75. The number of thiol groups is 3. The minimum atomic E-state index is -0.452. The molecule has 0 aliphatic heterocycles. The van der Waals surface area contributed by atoms with Crippen molar-refractivity contribution in [1.29, 1.82) is 0 Å². The van der Waals surface area contributed by atoms with E-state index in [1.54, 1.807) is 0 Å². The van der Waals surface area contributed by atoms with E-state index in [1.165, 1.54) is 0 Å². The van der Waals surface area contributed by atoms with Crippen molar-refractivity contribution >= 4 is 37.9 Å². The first kappa shape index (κ1) is 8.79. The van der Waals surface area contributed by atoms with Crippen molar-refractivity contribution in [2.24, 2.45) is 0 Å². The largest absolute Gasteiger partial charge is 0.151 e. The van der Waals surface area contributed by atoms with Crippen molar-refractivity contribution in [2.45, 2.75) is 16.8 Å². The van der Waals surface area contributed by atoms with Crippen LogP contribution in [0.1, 0.15) is 13.3 Å². The molecule has 0 heterocycles. The summed E-state index contributed by atoms with van der Waals surface area (Å²) in [6.45, 7) is 1.96. The van der Waals surface area contributed by atoms with Gasteiger partial charge in [-0.25, -0.2) is 0 Å². The van der Waals surface area contributed by atoms with Gasteiger partial charge in [-0.15, -0.1) is 0 Å². The third kappa shape index (κ3) is 6.79. The van der Waals surface area contributed by atoms with Gasteiger partial charge in [0.1, 0.15) is 3.41 Å². The quantitative estimate of drug-likeness (QED) is 0.313. The fourth-order valence-electron chi connectivity index (χ4n) is 0.276. The zero-order chi connectivity index (χ0) is 6.62. The Bertz CT molecular complexity index is 80.2. The van der Waals surface area contributed by atoms with Crippen LogP contribution in [0.3, 0.4) is 0 Å². The molecule has 0 aromatic rings. The number of rotatable bonds is 2. The molecule has 0 spiro atoms. The minimum absolute atomic E-state index is 0.452. The molecule has 0 aliphatic rings. The Balaban J connectivity index is 3.39. The molecule has 0 fully saturated rings. The van der Waals surface area contributed by atoms with Crippen LogP contribution in [0.15, 0.2) is 12.2 Å². The third-order valence-corrected chi connectivity index (χ3v) is 1.18. The van der Waals surface area contributed by atoms with Crippen LogP contribution in [0.25, 0.3) is 0 Å². The van der Waals surface area contributed by atoms with Crippen LogP contribution in [0.4, 0.5) is 0 Å². The smallest absolute Gasteiger partial charge is 0.102 e. The van der Waals surface area contributed by atoms with E-state index in [4.69, 9.17) is 0 Å². The Hall–Kier alpha value is 0.790. The van der Waals surface area contributed by atoms with Crippen molar-refractivity contribution in [3.8, 4) is 0 Å². The van der Waals surface area contributed by atoms with Crippen LogP contribution in [-0.2, 0) is 0 Å². The van der Waals surface area contributed by atoms with Crippen molar-refractivity contribution in [3.63, 3.8) is 0 Å². The van der Waals surface area contributed by atoms with E-state index in [-0.39, 0.29) is 0 Å². The molecule has 0 atom stereocenters. The van der Waals surface area contributed by atoms with Gasteiger partial charge in [-0.2, -0.15) is 37.9 Å². The average molecular weight is 166 g/mol. The number of allylic oxidation sites excluding steroid dienone is 2. The number of hydrogen-bond acceptors (Lipinski definition) is 3. The maximum absolute atomic E-state index is 4.07. The Morgan fingerprint density at radius 1 is 1.38 bits per heavy atom. The van der Waals surface area contributed by atoms with Crippen LogP contribution >= 0.6 is 37.9 Å². The first-order chi connectivity index (χ1) is 3.56. The second-order valence-corrected chi connectivity index (χ2v) is 4.90. The molecule has 0 rings (SSSR count). The maximum atomic E-state index is 4.07. The lowest BCUT2D eigenvalue weighted by atomic mass is 10.4. The third-order valence-electron chi connectivity index (χ3n) is 0.627. The van der Waals surface area contributed by atoms with Crippen molar-refractivity contribution in [2.75, 3.05) is 0 Å². The van der Waals surface area contributed by atoms with E-state index in [0.29, 0.717) is 0 Å². The molecule has 0 nitrogen and oxygen atoms in total. The van der Waals surface area contributed by atoms with E-state index in [2.05, 4.69) is 37.9 Å². The molecule has 0 radical (unpaired) electrons. The van der Waals surface area contributed by atoms with Crippen LogP contribution in [0.2, 0.25) is 0 Å². The molecule has 0 aromatic heterocycles. The molecule has 0 amide bonds. The SMILES string of the molecule is CC=CCC(S)(S)S. The zero-order valence-electron chi connectivity index (χ0n) is 4.70. The lowest BCUT2D eigenvalue weighted by Gasteiger charge is -2.10. The van der Waals surface area contributed by atoms with Gasteiger partial charge in [-0.1, -0.05) is 12.2 Å². The lowest BCUT2D eigenvalue weighted by molar-refractivity contribution is 1.14. The molecule has 0 saturated heterocycles. The van der Waals surface area contributed by atoms with E-state index >= 15 is 0 Å². The summed E-state index contributed by atoms with van der Waals surface area (Å²) in [5.74, 6) is 0. The lowest BCUT2D eigenvalue weighted by Crippen LogP contribution is -1.98. The standard InChI is InChI=1S/C5H10S3/c1-2-3-4-5(6,7)8/h2-3,6-8H,4H2,1H3. The molecule has 0 aliphatic carbocycles. The molecule has 0 N–H and O–H groups in total. The monoisotopic (exact) mass is 166 g/mol. The van der Waals surface area contributed by atoms with Gasteiger partial charge in [0.15, 0.2) is 0 Å². The van der Waals surface area contributed by atoms with E-state index in [1.807, 2.05) is 19.1 Å².